The number of hydrogen-bond acceptors (Lipinski definition) is 2. The highest BCUT2D eigenvalue weighted by Crippen LogP contribution is 2.33. The molecule has 27 heavy (non-hydrogen) atoms. The van der Waals surface area contributed by atoms with Crippen LogP contribution in [0.1, 0.15) is 43.6 Å². The van der Waals surface area contributed by atoms with Crippen molar-refractivity contribution in [2.45, 2.75) is 38.8 Å². The normalized spacial score (nSPS) is 17.2. The van der Waals surface area contributed by atoms with Crippen molar-refractivity contribution in [2.24, 2.45) is 0 Å². The molecule has 1 fully saturated rings. The van der Waals surface area contributed by atoms with Crippen molar-refractivity contribution in [1.29, 1.82) is 0 Å². The van der Waals surface area contributed by atoms with E-state index in [-0.39, 0.29) is 11.9 Å². The lowest BCUT2D eigenvalue weighted by atomic mass is 10.2. The quantitative estimate of drug-likeness (QED) is 0.655. The van der Waals surface area contributed by atoms with Gasteiger partial charge in [0.25, 0.3) is 0 Å². The lowest BCUT2D eigenvalue weighted by molar-refractivity contribution is -0.131. The van der Waals surface area contributed by atoms with E-state index in [0.717, 1.165) is 42.8 Å². The van der Waals surface area contributed by atoms with Crippen LogP contribution in [0.25, 0.3) is 17.1 Å². The summed E-state index contributed by atoms with van der Waals surface area (Å²) in [5.41, 5.74) is 3.31. The van der Waals surface area contributed by atoms with Gasteiger partial charge in [-0.05, 0) is 30.5 Å². The Kier molecular flexibility index (Phi) is 5.05. The molecule has 1 unspecified atom stereocenters. The summed E-state index contributed by atoms with van der Waals surface area (Å²) < 4.78 is 2.26. The number of rotatable bonds is 5. The first kappa shape index (κ1) is 17.5. The highest BCUT2D eigenvalue weighted by Gasteiger charge is 2.32. The molecule has 1 aromatic heterocycles. The Labute approximate surface area is 160 Å². The number of benzene rings is 2. The van der Waals surface area contributed by atoms with Crippen LogP contribution in [0.2, 0.25) is 0 Å². The van der Waals surface area contributed by atoms with E-state index in [9.17, 15) is 4.79 Å². The van der Waals surface area contributed by atoms with E-state index in [1.165, 1.54) is 5.56 Å². The molecule has 4 nitrogen and oxygen atoms in total. The fraction of sp³-hybridized carbons (Fsp3) is 0.304. The summed E-state index contributed by atoms with van der Waals surface area (Å²) in [5.74, 6) is 1.23. The lowest BCUT2D eigenvalue weighted by Gasteiger charge is -2.24. The molecular formula is C23H25N3O. The van der Waals surface area contributed by atoms with Crippen molar-refractivity contribution in [1.82, 2.24) is 14.5 Å². The van der Waals surface area contributed by atoms with Crippen molar-refractivity contribution >= 4 is 23.0 Å². The molecule has 1 amide bonds. The molecule has 0 aliphatic carbocycles. The topological polar surface area (TPSA) is 38.1 Å². The Morgan fingerprint density at radius 1 is 1.15 bits per heavy atom. The third-order valence-electron chi connectivity index (χ3n) is 5.26. The van der Waals surface area contributed by atoms with Gasteiger partial charge in [-0.3, -0.25) is 4.79 Å². The fourth-order valence-corrected chi connectivity index (χ4v) is 3.94. The van der Waals surface area contributed by atoms with Crippen LogP contribution in [0.15, 0.2) is 60.7 Å². The summed E-state index contributed by atoms with van der Waals surface area (Å²) in [4.78, 5) is 19.3. The number of fused-ring (bicyclic) bond motifs is 1. The number of carbonyl (C=O) groups is 1. The van der Waals surface area contributed by atoms with Gasteiger partial charge in [-0.1, -0.05) is 61.5 Å². The largest absolute Gasteiger partial charge is 0.333 e. The minimum Gasteiger partial charge on any atom is -0.333 e. The van der Waals surface area contributed by atoms with Crippen LogP contribution >= 0.6 is 0 Å². The molecule has 4 heteroatoms. The zero-order valence-corrected chi connectivity index (χ0v) is 15.7. The first-order valence-electron chi connectivity index (χ1n) is 9.74. The second kappa shape index (κ2) is 7.78. The minimum atomic E-state index is 0.0787. The Morgan fingerprint density at radius 3 is 2.74 bits per heavy atom. The van der Waals surface area contributed by atoms with E-state index >= 15 is 0 Å². The van der Waals surface area contributed by atoms with Crippen LogP contribution in [-0.4, -0.2) is 26.9 Å². The van der Waals surface area contributed by atoms with Crippen LogP contribution < -0.4 is 0 Å². The highest BCUT2D eigenvalue weighted by molar-refractivity contribution is 5.78. The third-order valence-corrected chi connectivity index (χ3v) is 5.26. The molecular weight excluding hydrogens is 334 g/mol. The van der Waals surface area contributed by atoms with E-state index < -0.39 is 0 Å². The first-order valence-corrected chi connectivity index (χ1v) is 9.74. The average Bonchev–Trinajstić information content (AvgIpc) is 3.33. The molecule has 138 valence electrons. The van der Waals surface area contributed by atoms with Crippen molar-refractivity contribution < 1.29 is 4.79 Å². The molecule has 1 atom stereocenters. The maximum absolute atomic E-state index is 12.4. The van der Waals surface area contributed by atoms with E-state index in [1.807, 2.05) is 36.1 Å². The predicted octanol–water partition coefficient (Wildman–Crippen LogP) is 4.82. The molecule has 2 heterocycles. The summed E-state index contributed by atoms with van der Waals surface area (Å²) in [5, 5.41) is 0. The second-order valence-electron chi connectivity index (χ2n) is 6.98. The number of allylic oxidation sites excluding steroid dienone is 1. The molecule has 0 spiro atoms. The summed E-state index contributed by atoms with van der Waals surface area (Å²) >= 11 is 0. The number of para-hydroxylation sites is 2. The number of hydrogen-bond donors (Lipinski definition) is 0. The van der Waals surface area contributed by atoms with E-state index in [2.05, 4.69) is 47.1 Å². The standard InChI is InChI=1S/C23H25N3O/c1-2-22(27)25-16-9-15-21(25)23-24-19-13-6-7-14-20(19)26(23)17-8-12-18-10-4-3-5-11-18/h3-8,10-14,21H,2,9,15-17H2,1H3. The van der Waals surface area contributed by atoms with Gasteiger partial charge in [-0.25, -0.2) is 4.98 Å². The van der Waals surface area contributed by atoms with E-state index in [1.54, 1.807) is 0 Å². The van der Waals surface area contributed by atoms with E-state index in [4.69, 9.17) is 4.98 Å². The number of carbonyl (C=O) groups excluding carboxylic acids is 1. The van der Waals surface area contributed by atoms with Crippen molar-refractivity contribution in [2.75, 3.05) is 6.54 Å². The molecule has 1 aliphatic heterocycles. The Hall–Kier alpha value is -2.88. The van der Waals surface area contributed by atoms with Gasteiger partial charge in [0.05, 0.1) is 17.1 Å². The average molecular weight is 359 g/mol. The van der Waals surface area contributed by atoms with Gasteiger partial charge in [0.1, 0.15) is 5.82 Å². The zero-order chi connectivity index (χ0) is 18.6. The second-order valence-corrected chi connectivity index (χ2v) is 6.98. The Bertz CT molecular complexity index is 958. The molecule has 4 rings (SSSR count). The summed E-state index contributed by atoms with van der Waals surface area (Å²) in [7, 11) is 0. The number of imidazole rings is 1. The molecule has 2 aromatic carbocycles. The molecule has 0 radical (unpaired) electrons. The first-order chi connectivity index (χ1) is 13.3. The smallest absolute Gasteiger partial charge is 0.222 e. The maximum Gasteiger partial charge on any atom is 0.222 e. The van der Waals surface area contributed by atoms with Crippen molar-refractivity contribution in [3.63, 3.8) is 0 Å². The molecule has 1 aliphatic rings. The predicted molar refractivity (Wildman–Crippen MR) is 109 cm³/mol. The lowest BCUT2D eigenvalue weighted by Crippen LogP contribution is -2.31. The third kappa shape index (κ3) is 3.52. The van der Waals surface area contributed by atoms with Crippen LogP contribution in [-0.2, 0) is 11.3 Å². The van der Waals surface area contributed by atoms with Crippen LogP contribution in [0, 0.1) is 0 Å². The van der Waals surface area contributed by atoms with Crippen molar-refractivity contribution in [3.05, 3.63) is 72.1 Å². The number of amides is 1. The molecule has 3 aromatic rings. The number of likely N-dealkylation sites (tertiary alicyclic amines) is 1. The van der Waals surface area contributed by atoms with Gasteiger partial charge in [-0.15, -0.1) is 0 Å². The maximum atomic E-state index is 12.4. The summed E-state index contributed by atoms with van der Waals surface area (Å²) in [6.45, 7) is 3.51. The molecule has 0 saturated carbocycles. The molecule has 0 bridgehead atoms. The van der Waals surface area contributed by atoms with Gasteiger partial charge in [0.2, 0.25) is 5.91 Å². The van der Waals surface area contributed by atoms with Crippen LogP contribution in [0.3, 0.4) is 0 Å². The summed E-state index contributed by atoms with van der Waals surface area (Å²) in [6, 6.07) is 18.6. The molecule has 1 saturated heterocycles. The molecule has 0 N–H and O–H groups in total. The number of nitrogens with zero attached hydrogens (tertiary/aromatic N) is 3. The van der Waals surface area contributed by atoms with Gasteiger partial charge in [-0.2, -0.15) is 0 Å². The highest BCUT2D eigenvalue weighted by atomic mass is 16.2. The van der Waals surface area contributed by atoms with Gasteiger partial charge in [0.15, 0.2) is 0 Å². The SMILES string of the molecule is CCC(=O)N1CCCC1c1nc2ccccc2n1CC=Cc1ccccc1. The van der Waals surface area contributed by atoms with E-state index in [0.29, 0.717) is 6.42 Å². The van der Waals surface area contributed by atoms with Gasteiger partial charge in [0, 0.05) is 19.5 Å². The van der Waals surface area contributed by atoms with Crippen molar-refractivity contribution in [3.8, 4) is 0 Å². The Morgan fingerprint density at radius 2 is 1.93 bits per heavy atom. The Balaban J connectivity index is 1.69. The minimum absolute atomic E-state index is 0.0787. The van der Waals surface area contributed by atoms with Gasteiger partial charge >= 0.3 is 0 Å². The van der Waals surface area contributed by atoms with Gasteiger partial charge < -0.3 is 9.47 Å². The summed E-state index contributed by atoms with van der Waals surface area (Å²) in [6.07, 6.45) is 6.89. The van der Waals surface area contributed by atoms with Crippen LogP contribution in [0.5, 0.6) is 0 Å². The van der Waals surface area contributed by atoms with Crippen LogP contribution in [0.4, 0.5) is 0 Å². The fourth-order valence-electron chi connectivity index (χ4n) is 3.94. The number of aromatic nitrogens is 2. The zero-order valence-electron chi connectivity index (χ0n) is 15.7. The monoisotopic (exact) mass is 359 g/mol.